The Labute approximate surface area is 104 Å². The molecule has 1 saturated carbocycles. The van der Waals surface area contributed by atoms with Crippen molar-refractivity contribution in [2.24, 2.45) is 5.92 Å². The second-order valence-electron chi connectivity index (χ2n) is 4.69. The lowest BCUT2D eigenvalue weighted by Crippen LogP contribution is -2.37. The summed E-state index contributed by atoms with van der Waals surface area (Å²) in [6, 6.07) is 0.192. The number of hydrogen-bond donors (Lipinski definition) is 0. The SMILES string of the molecule is CC(CCBr)CCN(CC(F)(F)F)C1CC1. The molecular formula is C11H19BrF3N. The Morgan fingerprint density at radius 2 is 1.94 bits per heavy atom. The second kappa shape index (κ2) is 6.24. The van der Waals surface area contributed by atoms with Gasteiger partial charge < -0.3 is 0 Å². The standard InChI is InChI=1S/C11H19BrF3N/c1-9(4-6-12)5-7-16(10-2-3-10)8-11(13,14)15/h9-10H,2-8H2,1H3. The molecule has 1 nitrogen and oxygen atoms in total. The molecule has 1 fully saturated rings. The third-order valence-corrected chi connectivity index (χ3v) is 3.41. The molecule has 0 saturated heterocycles. The van der Waals surface area contributed by atoms with E-state index in [-0.39, 0.29) is 6.04 Å². The van der Waals surface area contributed by atoms with Crippen molar-refractivity contribution >= 4 is 15.9 Å². The predicted molar refractivity (Wildman–Crippen MR) is 62.8 cm³/mol. The summed E-state index contributed by atoms with van der Waals surface area (Å²) in [7, 11) is 0. The van der Waals surface area contributed by atoms with Crippen molar-refractivity contribution in [3.05, 3.63) is 0 Å². The Balaban J connectivity index is 2.28. The average Bonchev–Trinajstić information content (AvgIpc) is 2.94. The van der Waals surface area contributed by atoms with Crippen molar-refractivity contribution in [1.82, 2.24) is 4.90 Å². The minimum Gasteiger partial charge on any atom is -0.292 e. The molecule has 5 heteroatoms. The zero-order valence-corrected chi connectivity index (χ0v) is 11.1. The molecule has 0 heterocycles. The fourth-order valence-electron chi connectivity index (χ4n) is 1.78. The van der Waals surface area contributed by atoms with E-state index in [1.807, 2.05) is 0 Å². The molecule has 0 aromatic rings. The first-order valence-corrected chi connectivity index (χ1v) is 6.91. The second-order valence-corrected chi connectivity index (χ2v) is 5.48. The first-order chi connectivity index (χ1) is 7.42. The van der Waals surface area contributed by atoms with E-state index in [2.05, 4.69) is 22.9 Å². The van der Waals surface area contributed by atoms with Crippen LogP contribution >= 0.6 is 15.9 Å². The highest BCUT2D eigenvalue weighted by Gasteiger charge is 2.37. The Hall–Kier alpha value is 0.230. The van der Waals surface area contributed by atoms with E-state index in [0.29, 0.717) is 12.5 Å². The number of hydrogen-bond acceptors (Lipinski definition) is 1. The molecule has 16 heavy (non-hydrogen) atoms. The first kappa shape index (κ1) is 14.3. The molecule has 0 aliphatic heterocycles. The maximum Gasteiger partial charge on any atom is 0.401 e. The maximum atomic E-state index is 12.3. The van der Waals surface area contributed by atoms with Crippen LogP contribution in [-0.4, -0.2) is 35.5 Å². The molecule has 1 aliphatic rings. The quantitative estimate of drug-likeness (QED) is 0.646. The highest BCUT2D eigenvalue weighted by molar-refractivity contribution is 9.09. The van der Waals surface area contributed by atoms with Gasteiger partial charge in [-0.15, -0.1) is 0 Å². The zero-order valence-electron chi connectivity index (χ0n) is 9.56. The monoisotopic (exact) mass is 301 g/mol. The van der Waals surface area contributed by atoms with E-state index in [0.717, 1.165) is 31.0 Å². The van der Waals surface area contributed by atoms with Gasteiger partial charge in [0.15, 0.2) is 0 Å². The Morgan fingerprint density at radius 1 is 1.31 bits per heavy atom. The third kappa shape index (κ3) is 6.09. The van der Waals surface area contributed by atoms with Crippen molar-refractivity contribution in [1.29, 1.82) is 0 Å². The highest BCUT2D eigenvalue weighted by atomic mass is 79.9. The lowest BCUT2D eigenvalue weighted by molar-refractivity contribution is -0.147. The maximum absolute atomic E-state index is 12.3. The van der Waals surface area contributed by atoms with Gasteiger partial charge in [-0.1, -0.05) is 22.9 Å². The van der Waals surface area contributed by atoms with Gasteiger partial charge >= 0.3 is 6.18 Å². The van der Waals surface area contributed by atoms with Crippen LogP contribution in [0.1, 0.15) is 32.6 Å². The lowest BCUT2D eigenvalue weighted by atomic mass is 10.1. The topological polar surface area (TPSA) is 3.24 Å². The highest BCUT2D eigenvalue weighted by Crippen LogP contribution is 2.30. The van der Waals surface area contributed by atoms with Crippen LogP contribution in [0.15, 0.2) is 0 Å². The van der Waals surface area contributed by atoms with Crippen LogP contribution in [0, 0.1) is 5.92 Å². The molecule has 0 spiro atoms. The zero-order chi connectivity index (χ0) is 12.2. The van der Waals surface area contributed by atoms with Crippen molar-refractivity contribution in [2.45, 2.75) is 44.8 Å². The van der Waals surface area contributed by atoms with Gasteiger partial charge in [0.05, 0.1) is 6.54 Å². The summed E-state index contributed by atoms with van der Waals surface area (Å²) in [4.78, 5) is 1.60. The van der Waals surface area contributed by atoms with Gasteiger partial charge in [-0.25, -0.2) is 0 Å². The lowest BCUT2D eigenvalue weighted by Gasteiger charge is -2.24. The van der Waals surface area contributed by atoms with Crippen LogP contribution in [0.3, 0.4) is 0 Å². The molecule has 0 bridgehead atoms. The molecule has 0 amide bonds. The smallest absolute Gasteiger partial charge is 0.292 e. The minimum atomic E-state index is -4.05. The summed E-state index contributed by atoms with van der Waals surface area (Å²) < 4.78 is 37.0. The van der Waals surface area contributed by atoms with Crippen LogP contribution in [0.5, 0.6) is 0 Å². The van der Waals surface area contributed by atoms with Gasteiger partial charge in [0.1, 0.15) is 0 Å². The van der Waals surface area contributed by atoms with E-state index in [1.165, 1.54) is 0 Å². The van der Waals surface area contributed by atoms with Crippen LogP contribution in [0.4, 0.5) is 13.2 Å². The molecule has 1 rings (SSSR count). The van der Waals surface area contributed by atoms with Crippen molar-refractivity contribution < 1.29 is 13.2 Å². The van der Waals surface area contributed by atoms with Gasteiger partial charge in [-0.05, 0) is 38.1 Å². The summed E-state index contributed by atoms with van der Waals surface area (Å²) in [6.07, 6.45) is -0.296. The normalized spacial score (nSPS) is 19.1. The summed E-state index contributed by atoms with van der Waals surface area (Å²) in [6.45, 7) is 1.94. The van der Waals surface area contributed by atoms with Gasteiger partial charge in [0.25, 0.3) is 0 Å². The van der Waals surface area contributed by atoms with Gasteiger partial charge in [0.2, 0.25) is 0 Å². The molecular weight excluding hydrogens is 283 g/mol. The molecule has 0 radical (unpaired) electrons. The van der Waals surface area contributed by atoms with E-state index >= 15 is 0 Å². The number of halogens is 4. The molecule has 96 valence electrons. The van der Waals surface area contributed by atoms with E-state index in [9.17, 15) is 13.2 Å². The fourth-order valence-corrected chi connectivity index (χ4v) is 2.56. The predicted octanol–water partition coefficient (Wildman–Crippen LogP) is 3.82. The van der Waals surface area contributed by atoms with Crippen molar-refractivity contribution in [3.8, 4) is 0 Å². The van der Waals surface area contributed by atoms with E-state index in [4.69, 9.17) is 0 Å². The molecule has 0 aromatic carbocycles. The van der Waals surface area contributed by atoms with Crippen LogP contribution in [0.2, 0.25) is 0 Å². The Morgan fingerprint density at radius 3 is 2.38 bits per heavy atom. The van der Waals surface area contributed by atoms with Gasteiger partial charge in [0, 0.05) is 11.4 Å². The van der Waals surface area contributed by atoms with Crippen LogP contribution in [0.25, 0.3) is 0 Å². The molecule has 0 aromatic heterocycles. The molecule has 0 N–H and O–H groups in total. The van der Waals surface area contributed by atoms with Crippen LogP contribution < -0.4 is 0 Å². The van der Waals surface area contributed by atoms with Gasteiger partial charge in [-0.3, -0.25) is 4.90 Å². The molecule has 1 atom stereocenters. The number of alkyl halides is 4. The summed E-state index contributed by atoms with van der Waals surface area (Å²) >= 11 is 3.35. The Bertz CT molecular complexity index is 204. The fraction of sp³-hybridized carbons (Fsp3) is 1.00. The average molecular weight is 302 g/mol. The number of nitrogens with zero attached hydrogens (tertiary/aromatic N) is 1. The van der Waals surface area contributed by atoms with Crippen LogP contribution in [-0.2, 0) is 0 Å². The minimum absolute atomic E-state index is 0.192. The summed E-state index contributed by atoms with van der Waals surface area (Å²) in [5.41, 5.74) is 0. The summed E-state index contributed by atoms with van der Waals surface area (Å²) in [5, 5.41) is 0.927. The summed E-state index contributed by atoms with van der Waals surface area (Å²) in [5.74, 6) is 0.494. The largest absolute Gasteiger partial charge is 0.401 e. The van der Waals surface area contributed by atoms with Crippen molar-refractivity contribution in [2.75, 3.05) is 18.4 Å². The third-order valence-electron chi connectivity index (χ3n) is 2.96. The first-order valence-electron chi connectivity index (χ1n) is 5.79. The van der Waals surface area contributed by atoms with E-state index in [1.54, 1.807) is 4.90 Å². The Kier molecular flexibility index (Phi) is 5.57. The van der Waals surface area contributed by atoms with Gasteiger partial charge in [-0.2, -0.15) is 13.2 Å². The molecule has 1 unspecified atom stereocenters. The van der Waals surface area contributed by atoms with Crippen molar-refractivity contribution in [3.63, 3.8) is 0 Å². The number of rotatable bonds is 7. The van der Waals surface area contributed by atoms with E-state index < -0.39 is 12.7 Å². The molecule has 1 aliphatic carbocycles.